The Morgan fingerprint density at radius 1 is 1.27 bits per heavy atom. The van der Waals surface area contributed by atoms with Crippen LogP contribution in [0.4, 0.5) is 10.6 Å². The number of rotatable bonds is 5. The molecule has 26 heavy (non-hydrogen) atoms. The summed E-state index contributed by atoms with van der Waals surface area (Å²) in [6, 6.07) is 9.74. The molecule has 1 aliphatic heterocycles. The van der Waals surface area contributed by atoms with E-state index in [1.54, 1.807) is 30.5 Å². The summed E-state index contributed by atoms with van der Waals surface area (Å²) in [5.41, 5.74) is 1.05. The molecule has 2 aromatic rings. The zero-order valence-electron chi connectivity index (χ0n) is 14.0. The molecule has 3 rings (SSSR count). The van der Waals surface area contributed by atoms with E-state index in [1.165, 1.54) is 12.1 Å². The number of carboxylic acids is 1. The van der Waals surface area contributed by atoms with Gasteiger partial charge in [-0.1, -0.05) is 23.7 Å². The first-order valence-electron chi connectivity index (χ1n) is 8.25. The number of aromatic nitrogens is 1. The van der Waals surface area contributed by atoms with E-state index in [1.807, 2.05) is 0 Å². The Kier molecular flexibility index (Phi) is 5.58. The number of carbonyl (C=O) groups is 2. The Bertz CT molecular complexity index is 797. The number of anilines is 1. The van der Waals surface area contributed by atoms with Gasteiger partial charge in [-0.15, -0.1) is 0 Å². The highest BCUT2D eigenvalue weighted by atomic mass is 35.5. The van der Waals surface area contributed by atoms with E-state index in [0.29, 0.717) is 18.1 Å². The minimum atomic E-state index is -0.971. The summed E-state index contributed by atoms with van der Waals surface area (Å²) in [5, 5.41) is 15.2. The van der Waals surface area contributed by atoms with Crippen LogP contribution in [0.25, 0.3) is 0 Å². The smallest absolute Gasteiger partial charge is 0.335 e. The summed E-state index contributed by atoms with van der Waals surface area (Å²) in [6.07, 6.45) is 2.51. The third kappa shape index (κ3) is 4.43. The summed E-state index contributed by atoms with van der Waals surface area (Å²) < 4.78 is 0. The summed E-state index contributed by atoms with van der Waals surface area (Å²) in [7, 11) is 0. The highest BCUT2D eigenvalue weighted by Crippen LogP contribution is 2.25. The number of carbonyl (C=O) groups excluding carboxylic acids is 1. The molecule has 7 nitrogen and oxygen atoms in total. The van der Waals surface area contributed by atoms with Crippen molar-refractivity contribution in [3.05, 3.63) is 58.7 Å². The molecule has 2 heterocycles. The summed E-state index contributed by atoms with van der Waals surface area (Å²) in [4.78, 5) is 29.3. The van der Waals surface area contributed by atoms with Crippen molar-refractivity contribution in [3.63, 3.8) is 0 Å². The molecular weight excluding hydrogens is 356 g/mol. The van der Waals surface area contributed by atoms with E-state index in [4.69, 9.17) is 16.7 Å². The maximum absolute atomic E-state index is 12.1. The topological polar surface area (TPSA) is 94.6 Å². The number of halogens is 1. The van der Waals surface area contributed by atoms with E-state index in [-0.39, 0.29) is 17.6 Å². The quantitative estimate of drug-likeness (QED) is 0.747. The lowest BCUT2D eigenvalue weighted by Crippen LogP contribution is -2.43. The van der Waals surface area contributed by atoms with Crippen LogP contribution in [0.15, 0.2) is 42.6 Å². The number of benzene rings is 1. The molecule has 1 aromatic carbocycles. The van der Waals surface area contributed by atoms with Crippen molar-refractivity contribution in [2.75, 3.05) is 18.0 Å². The second-order valence-electron chi connectivity index (χ2n) is 6.07. The molecule has 0 aliphatic carbocycles. The lowest BCUT2D eigenvalue weighted by molar-refractivity contribution is 0.0697. The molecule has 1 fully saturated rings. The third-order valence-corrected chi connectivity index (χ3v) is 4.51. The van der Waals surface area contributed by atoms with E-state index in [9.17, 15) is 9.59 Å². The molecule has 8 heteroatoms. The van der Waals surface area contributed by atoms with Crippen molar-refractivity contribution in [3.8, 4) is 0 Å². The number of carboxylic acid groups (broad SMARTS) is 1. The molecule has 0 radical (unpaired) electrons. The van der Waals surface area contributed by atoms with Gasteiger partial charge in [0.15, 0.2) is 0 Å². The van der Waals surface area contributed by atoms with Gasteiger partial charge in [-0.05, 0) is 36.2 Å². The largest absolute Gasteiger partial charge is 0.478 e. The van der Waals surface area contributed by atoms with Crippen LogP contribution in [0, 0.1) is 0 Å². The average molecular weight is 375 g/mol. The molecule has 2 amide bonds. The molecule has 1 aromatic heterocycles. The van der Waals surface area contributed by atoms with Gasteiger partial charge in [0.25, 0.3) is 0 Å². The molecule has 1 aliphatic rings. The van der Waals surface area contributed by atoms with E-state index >= 15 is 0 Å². The lowest BCUT2D eigenvalue weighted by Gasteiger charge is -2.19. The number of hydrogen-bond donors (Lipinski definition) is 3. The molecule has 0 bridgehead atoms. The van der Waals surface area contributed by atoms with Crippen LogP contribution in [-0.4, -0.2) is 41.2 Å². The molecule has 1 atom stereocenters. The standard InChI is InChI=1S/C18H19ClN4O3/c19-15-2-1-8-20-16(15)23-9-7-14(11-23)22-18(26)21-10-12-3-5-13(6-4-12)17(24)25/h1-6,8,14H,7,9-11H2,(H,24,25)(H2,21,22,26). The number of urea groups is 1. The Hall–Kier alpha value is -2.80. The maximum Gasteiger partial charge on any atom is 0.335 e. The normalized spacial score (nSPS) is 16.3. The van der Waals surface area contributed by atoms with Gasteiger partial charge in [0.05, 0.1) is 10.6 Å². The van der Waals surface area contributed by atoms with Gasteiger partial charge in [-0.2, -0.15) is 0 Å². The Labute approximate surface area is 156 Å². The van der Waals surface area contributed by atoms with Crippen LogP contribution in [0.2, 0.25) is 5.02 Å². The molecular formula is C18H19ClN4O3. The van der Waals surface area contributed by atoms with Crippen LogP contribution < -0.4 is 15.5 Å². The number of pyridine rings is 1. The molecule has 0 spiro atoms. The zero-order chi connectivity index (χ0) is 18.5. The highest BCUT2D eigenvalue weighted by Gasteiger charge is 2.25. The van der Waals surface area contributed by atoms with Gasteiger partial charge >= 0.3 is 12.0 Å². The molecule has 0 saturated carbocycles. The zero-order valence-corrected chi connectivity index (χ0v) is 14.7. The predicted molar refractivity (Wildman–Crippen MR) is 98.6 cm³/mol. The van der Waals surface area contributed by atoms with Crippen LogP contribution in [-0.2, 0) is 6.54 Å². The first-order chi connectivity index (χ1) is 12.5. The van der Waals surface area contributed by atoms with Crippen molar-refractivity contribution >= 4 is 29.4 Å². The average Bonchev–Trinajstić information content (AvgIpc) is 3.09. The highest BCUT2D eigenvalue weighted by molar-refractivity contribution is 6.32. The van der Waals surface area contributed by atoms with Crippen molar-refractivity contribution in [1.82, 2.24) is 15.6 Å². The minimum absolute atomic E-state index is 0.0162. The second kappa shape index (κ2) is 8.05. The summed E-state index contributed by atoms with van der Waals surface area (Å²) >= 11 is 6.17. The van der Waals surface area contributed by atoms with Gasteiger partial charge < -0.3 is 20.6 Å². The lowest BCUT2D eigenvalue weighted by atomic mass is 10.1. The van der Waals surface area contributed by atoms with Crippen LogP contribution in [0.3, 0.4) is 0 Å². The second-order valence-corrected chi connectivity index (χ2v) is 6.48. The van der Waals surface area contributed by atoms with Gasteiger partial charge in [0.2, 0.25) is 0 Å². The predicted octanol–water partition coefficient (Wildman–Crippen LogP) is 2.51. The molecule has 136 valence electrons. The van der Waals surface area contributed by atoms with Crippen molar-refractivity contribution in [2.24, 2.45) is 0 Å². The fraction of sp³-hybridized carbons (Fsp3) is 0.278. The van der Waals surface area contributed by atoms with Crippen molar-refractivity contribution in [1.29, 1.82) is 0 Å². The number of nitrogens with one attached hydrogen (secondary N) is 2. The first-order valence-corrected chi connectivity index (χ1v) is 8.63. The van der Waals surface area contributed by atoms with Gasteiger partial charge in [0, 0.05) is 31.9 Å². The van der Waals surface area contributed by atoms with Crippen LogP contribution in [0.5, 0.6) is 0 Å². The third-order valence-electron chi connectivity index (χ3n) is 4.22. The Morgan fingerprint density at radius 2 is 2.04 bits per heavy atom. The molecule has 1 unspecified atom stereocenters. The monoisotopic (exact) mass is 374 g/mol. The van der Waals surface area contributed by atoms with E-state index in [2.05, 4.69) is 20.5 Å². The Balaban J connectivity index is 1.47. The summed E-state index contributed by atoms with van der Waals surface area (Å²) in [6.45, 7) is 1.75. The molecule has 3 N–H and O–H groups in total. The van der Waals surface area contributed by atoms with Gasteiger partial charge in [-0.3, -0.25) is 0 Å². The Morgan fingerprint density at radius 3 is 2.73 bits per heavy atom. The SMILES string of the molecule is O=C(NCc1ccc(C(=O)O)cc1)NC1CCN(c2ncccc2Cl)C1. The van der Waals surface area contributed by atoms with E-state index < -0.39 is 5.97 Å². The minimum Gasteiger partial charge on any atom is -0.478 e. The summed E-state index contributed by atoms with van der Waals surface area (Å²) in [5.74, 6) is -0.238. The van der Waals surface area contributed by atoms with Crippen LogP contribution >= 0.6 is 11.6 Å². The van der Waals surface area contributed by atoms with Gasteiger partial charge in [0.1, 0.15) is 5.82 Å². The fourth-order valence-electron chi connectivity index (χ4n) is 2.86. The maximum atomic E-state index is 12.1. The van der Waals surface area contributed by atoms with Crippen molar-refractivity contribution < 1.29 is 14.7 Å². The number of aromatic carboxylic acids is 1. The molecule has 1 saturated heterocycles. The fourth-order valence-corrected chi connectivity index (χ4v) is 3.11. The van der Waals surface area contributed by atoms with Gasteiger partial charge in [-0.25, -0.2) is 14.6 Å². The van der Waals surface area contributed by atoms with Crippen molar-refractivity contribution in [2.45, 2.75) is 19.0 Å². The van der Waals surface area contributed by atoms with E-state index in [0.717, 1.165) is 24.3 Å². The van der Waals surface area contributed by atoms with Crippen LogP contribution in [0.1, 0.15) is 22.3 Å². The first kappa shape index (κ1) is 18.0. The number of nitrogens with zero attached hydrogens (tertiary/aromatic N) is 2. The number of amides is 2. The number of hydrogen-bond acceptors (Lipinski definition) is 4.